The Bertz CT molecular complexity index is 552. The van der Waals surface area contributed by atoms with Gasteiger partial charge in [-0.05, 0) is 44.6 Å². The summed E-state index contributed by atoms with van der Waals surface area (Å²) in [5.41, 5.74) is 2.11. The van der Waals surface area contributed by atoms with E-state index in [0.29, 0.717) is 6.04 Å². The molecule has 2 aromatic heterocycles. The normalized spacial score (nSPS) is 23.7. The van der Waals surface area contributed by atoms with Gasteiger partial charge in [0.05, 0.1) is 5.69 Å². The predicted octanol–water partition coefficient (Wildman–Crippen LogP) is 3.42. The van der Waals surface area contributed by atoms with Crippen molar-refractivity contribution in [1.82, 2.24) is 14.6 Å². The summed E-state index contributed by atoms with van der Waals surface area (Å²) in [6, 6.07) is 2.66. The highest BCUT2D eigenvalue weighted by molar-refractivity contribution is 5.67. The molecule has 0 aromatic carbocycles. The predicted molar refractivity (Wildman–Crippen MR) is 77.4 cm³/mol. The molecule has 1 N–H and O–H groups in total. The van der Waals surface area contributed by atoms with Crippen LogP contribution in [0.4, 0.5) is 5.82 Å². The minimum atomic E-state index is 0.566. The lowest BCUT2D eigenvalue weighted by Crippen LogP contribution is -2.26. The van der Waals surface area contributed by atoms with E-state index in [0.717, 1.165) is 22.9 Å². The van der Waals surface area contributed by atoms with E-state index in [2.05, 4.69) is 28.4 Å². The Balaban J connectivity index is 1.75. The van der Waals surface area contributed by atoms with Crippen LogP contribution in [0.3, 0.4) is 0 Å². The highest BCUT2D eigenvalue weighted by Gasteiger charge is 2.20. The van der Waals surface area contributed by atoms with Crippen LogP contribution in [0.25, 0.3) is 5.52 Å². The summed E-state index contributed by atoms with van der Waals surface area (Å²) in [4.78, 5) is 4.48. The van der Waals surface area contributed by atoms with Gasteiger partial charge in [0.15, 0.2) is 5.82 Å². The first-order valence-corrected chi connectivity index (χ1v) is 7.33. The molecule has 0 aliphatic heterocycles. The van der Waals surface area contributed by atoms with Gasteiger partial charge in [-0.1, -0.05) is 13.3 Å². The van der Waals surface area contributed by atoms with Crippen molar-refractivity contribution in [1.29, 1.82) is 0 Å². The highest BCUT2D eigenvalue weighted by Crippen LogP contribution is 2.28. The Hall–Kier alpha value is -1.58. The zero-order valence-corrected chi connectivity index (χ0v) is 11.8. The Morgan fingerprint density at radius 1 is 1.32 bits per heavy atom. The van der Waals surface area contributed by atoms with Crippen molar-refractivity contribution in [3.63, 3.8) is 0 Å². The van der Waals surface area contributed by atoms with E-state index in [1.165, 1.54) is 32.1 Å². The van der Waals surface area contributed by atoms with Gasteiger partial charge in [0, 0.05) is 18.4 Å². The largest absolute Gasteiger partial charge is 0.366 e. The SMILES string of the molecule is CCC1CCC(Nc2nccn3nc(C)cc23)CC1. The number of fused-ring (bicyclic) bond motifs is 1. The maximum atomic E-state index is 4.48. The summed E-state index contributed by atoms with van der Waals surface area (Å²) in [7, 11) is 0. The number of anilines is 1. The summed E-state index contributed by atoms with van der Waals surface area (Å²) >= 11 is 0. The topological polar surface area (TPSA) is 42.2 Å². The average molecular weight is 258 g/mol. The summed E-state index contributed by atoms with van der Waals surface area (Å²) in [6.45, 7) is 4.32. The maximum absolute atomic E-state index is 4.48. The Labute approximate surface area is 114 Å². The molecule has 2 heterocycles. The molecule has 1 aliphatic carbocycles. The quantitative estimate of drug-likeness (QED) is 0.917. The van der Waals surface area contributed by atoms with Crippen molar-refractivity contribution in [3.05, 3.63) is 24.2 Å². The van der Waals surface area contributed by atoms with Gasteiger partial charge in [-0.25, -0.2) is 9.50 Å². The second-order valence-corrected chi connectivity index (χ2v) is 5.66. The van der Waals surface area contributed by atoms with Crippen molar-refractivity contribution >= 4 is 11.3 Å². The van der Waals surface area contributed by atoms with Crippen molar-refractivity contribution in [2.45, 2.75) is 52.0 Å². The van der Waals surface area contributed by atoms with Gasteiger partial charge in [0.25, 0.3) is 0 Å². The molecule has 4 heteroatoms. The van der Waals surface area contributed by atoms with Gasteiger partial charge in [0.1, 0.15) is 5.52 Å². The van der Waals surface area contributed by atoms with Gasteiger partial charge < -0.3 is 5.32 Å². The molecule has 0 bridgehead atoms. The Morgan fingerprint density at radius 3 is 2.84 bits per heavy atom. The van der Waals surface area contributed by atoms with E-state index in [-0.39, 0.29) is 0 Å². The van der Waals surface area contributed by atoms with Gasteiger partial charge in [-0.15, -0.1) is 0 Å². The van der Waals surface area contributed by atoms with Crippen LogP contribution in [-0.4, -0.2) is 20.6 Å². The lowest BCUT2D eigenvalue weighted by atomic mass is 9.84. The second-order valence-electron chi connectivity index (χ2n) is 5.66. The van der Waals surface area contributed by atoms with Crippen LogP contribution in [0.15, 0.2) is 18.5 Å². The highest BCUT2D eigenvalue weighted by atomic mass is 15.2. The fourth-order valence-corrected chi connectivity index (χ4v) is 3.06. The van der Waals surface area contributed by atoms with Crippen LogP contribution < -0.4 is 5.32 Å². The number of rotatable bonds is 3. The first-order valence-electron chi connectivity index (χ1n) is 7.33. The Kier molecular flexibility index (Phi) is 3.40. The molecule has 0 unspecified atom stereocenters. The van der Waals surface area contributed by atoms with Crippen molar-refractivity contribution in [3.8, 4) is 0 Å². The van der Waals surface area contributed by atoms with E-state index >= 15 is 0 Å². The minimum Gasteiger partial charge on any atom is -0.366 e. The molecule has 3 rings (SSSR count). The Morgan fingerprint density at radius 2 is 2.11 bits per heavy atom. The van der Waals surface area contributed by atoms with Crippen molar-refractivity contribution in [2.24, 2.45) is 5.92 Å². The van der Waals surface area contributed by atoms with Crippen LogP contribution in [-0.2, 0) is 0 Å². The van der Waals surface area contributed by atoms with Gasteiger partial charge in [-0.3, -0.25) is 0 Å². The molecule has 1 fully saturated rings. The standard InChI is InChI=1S/C15H22N4/c1-3-12-4-6-13(7-5-12)17-15-14-10-11(2)18-19(14)9-8-16-15/h8-10,12-13H,3-7H2,1-2H3,(H,16,17). The fraction of sp³-hybridized carbons (Fsp3) is 0.600. The molecule has 0 atom stereocenters. The van der Waals surface area contributed by atoms with Crippen LogP contribution in [0.2, 0.25) is 0 Å². The molecule has 0 spiro atoms. The summed E-state index contributed by atoms with van der Waals surface area (Å²) in [5, 5.41) is 8.04. The number of aryl methyl sites for hydroxylation is 1. The first kappa shape index (κ1) is 12.5. The summed E-state index contributed by atoms with van der Waals surface area (Å²) < 4.78 is 1.91. The molecule has 102 valence electrons. The zero-order chi connectivity index (χ0) is 13.2. The van der Waals surface area contributed by atoms with E-state index in [9.17, 15) is 0 Å². The van der Waals surface area contributed by atoms with Crippen molar-refractivity contribution in [2.75, 3.05) is 5.32 Å². The van der Waals surface area contributed by atoms with Crippen LogP contribution in [0.1, 0.15) is 44.7 Å². The molecular weight excluding hydrogens is 236 g/mol. The number of nitrogens with one attached hydrogen (secondary N) is 1. The zero-order valence-electron chi connectivity index (χ0n) is 11.8. The van der Waals surface area contributed by atoms with Gasteiger partial charge >= 0.3 is 0 Å². The molecule has 2 aromatic rings. The molecule has 0 amide bonds. The van der Waals surface area contributed by atoms with Gasteiger partial charge in [0.2, 0.25) is 0 Å². The lowest BCUT2D eigenvalue weighted by Gasteiger charge is -2.28. The molecule has 0 radical (unpaired) electrons. The molecule has 0 saturated heterocycles. The number of nitrogens with zero attached hydrogens (tertiary/aromatic N) is 3. The third kappa shape index (κ3) is 2.57. The molecule has 19 heavy (non-hydrogen) atoms. The first-order chi connectivity index (χ1) is 9.26. The summed E-state index contributed by atoms with van der Waals surface area (Å²) in [6.07, 6.45) is 10.2. The smallest absolute Gasteiger partial charge is 0.152 e. The van der Waals surface area contributed by atoms with E-state index < -0.39 is 0 Å². The summed E-state index contributed by atoms with van der Waals surface area (Å²) in [5.74, 6) is 1.90. The fourth-order valence-electron chi connectivity index (χ4n) is 3.06. The van der Waals surface area contributed by atoms with Crippen molar-refractivity contribution < 1.29 is 0 Å². The van der Waals surface area contributed by atoms with E-state index in [1.807, 2.05) is 23.8 Å². The van der Waals surface area contributed by atoms with Crippen LogP contribution >= 0.6 is 0 Å². The van der Waals surface area contributed by atoms with E-state index in [1.54, 1.807) is 0 Å². The molecule has 4 nitrogen and oxygen atoms in total. The third-order valence-electron chi connectivity index (χ3n) is 4.28. The lowest BCUT2D eigenvalue weighted by molar-refractivity contribution is 0.330. The molecule has 1 saturated carbocycles. The number of hydrogen-bond donors (Lipinski definition) is 1. The molecule has 1 aliphatic rings. The van der Waals surface area contributed by atoms with Crippen LogP contribution in [0, 0.1) is 12.8 Å². The second kappa shape index (κ2) is 5.19. The van der Waals surface area contributed by atoms with E-state index in [4.69, 9.17) is 0 Å². The maximum Gasteiger partial charge on any atom is 0.152 e. The number of aromatic nitrogens is 3. The third-order valence-corrected chi connectivity index (χ3v) is 4.28. The molecular formula is C15H22N4. The van der Waals surface area contributed by atoms with Crippen LogP contribution in [0.5, 0.6) is 0 Å². The monoisotopic (exact) mass is 258 g/mol. The minimum absolute atomic E-state index is 0.566. The number of hydrogen-bond acceptors (Lipinski definition) is 3. The average Bonchev–Trinajstić information content (AvgIpc) is 2.81. The van der Waals surface area contributed by atoms with Gasteiger partial charge in [-0.2, -0.15) is 5.10 Å².